The first-order chi connectivity index (χ1) is 9.77. The predicted molar refractivity (Wildman–Crippen MR) is 71.0 cm³/mol. The van der Waals surface area contributed by atoms with Crippen molar-refractivity contribution in [3.05, 3.63) is 41.5 Å². The summed E-state index contributed by atoms with van der Waals surface area (Å²) in [6, 6.07) is 2.58. The Bertz CT molecular complexity index is 617. The number of rotatable bonds is 4. The zero-order valence-corrected chi connectivity index (χ0v) is 11.6. The largest absolute Gasteiger partial charge is 0.417 e. The zero-order valence-electron chi connectivity index (χ0n) is 11.6. The molecule has 0 bridgehead atoms. The molecule has 3 nitrogen and oxygen atoms in total. The van der Waals surface area contributed by atoms with E-state index < -0.39 is 17.6 Å². The molecule has 21 heavy (non-hydrogen) atoms. The predicted octanol–water partition coefficient (Wildman–Crippen LogP) is 3.73. The molecule has 2 aromatic rings. The summed E-state index contributed by atoms with van der Waals surface area (Å²) in [5.74, 6) is -0.737. The van der Waals surface area contributed by atoms with Gasteiger partial charge in [-0.3, -0.25) is 0 Å². The fourth-order valence-electron chi connectivity index (χ4n) is 1.86. The van der Waals surface area contributed by atoms with E-state index in [-0.39, 0.29) is 17.4 Å². The molecule has 0 aliphatic heterocycles. The summed E-state index contributed by atoms with van der Waals surface area (Å²) in [6.07, 6.45) is -3.12. The number of imidazole rings is 1. The lowest BCUT2D eigenvalue weighted by molar-refractivity contribution is -0.137. The molecular formula is C14H15F4N3. The van der Waals surface area contributed by atoms with Crippen LogP contribution in [-0.2, 0) is 12.7 Å². The van der Waals surface area contributed by atoms with Crippen molar-refractivity contribution in [1.29, 1.82) is 0 Å². The average Bonchev–Trinajstić information content (AvgIpc) is 2.83. The lowest BCUT2D eigenvalue weighted by Gasteiger charge is -2.11. The number of benzene rings is 1. The minimum Gasteiger partial charge on any atom is -0.341 e. The molecule has 0 aliphatic carbocycles. The van der Waals surface area contributed by atoms with Gasteiger partial charge in [0.1, 0.15) is 11.6 Å². The number of H-pyrrole nitrogens is 1. The zero-order chi connectivity index (χ0) is 15.6. The van der Waals surface area contributed by atoms with Crippen LogP contribution in [0.3, 0.4) is 0 Å². The van der Waals surface area contributed by atoms with Gasteiger partial charge in [-0.25, -0.2) is 9.37 Å². The maximum atomic E-state index is 13.3. The second-order valence-electron chi connectivity index (χ2n) is 4.98. The van der Waals surface area contributed by atoms with E-state index in [1.807, 2.05) is 13.8 Å². The van der Waals surface area contributed by atoms with E-state index in [0.717, 1.165) is 18.2 Å². The Kier molecular flexibility index (Phi) is 4.32. The number of nitrogens with zero attached hydrogens (tertiary/aromatic N) is 1. The van der Waals surface area contributed by atoms with Gasteiger partial charge < -0.3 is 10.3 Å². The van der Waals surface area contributed by atoms with E-state index >= 15 is 0 Å². The third-order valence-electron chi connectivity index (χ3n) is 2.87. The number of halogens is 4. The number of nitrogens with one attached hydrogen (secondary N) is 2. The first kappa shape index (κ1) is 15.5. The highest BCUT2D eigenvalue weighted by Crippen LogP contribution is 2.36. The van der Waals surface area contributed by atoms with Crippen molar-refractivity contribution >= 4 is 0 Å². The molecule has 1 heterocycles. The molecule has 0 atom stereocenters. The Morgan fingerprint density at radius 3 is 2.62 bits per heavy atom. The molecule has 114 valence electrons. The SMILES string of the molecule is CC(C)NCc1cnc(-c2cc(F)ccc2C(F)(F)F)[nH]1. The molecule has 2 N–H and O–H groups in total. The van der Waals surface area contributed by atoms with Crippen LogP contribution >= 0.6 is 0 Å². The number of alkyl halides is 3. The van der Waals surface area contributed by atoms with Gasteiger partial charge in [0.25, 0.3) is 0 Å². The van der Waals surface area contributed by atoms with Gasteiger partial charge in [-0.2, -0.15) is 13.2 Å². The molecule has 0 saturated heterocycles. The highest BCUT2D eigenvalue weighted by atomic mass is 19.4. The molecule has 1 aromatic carbocycles. The Hall–Kier alpha value is -1.89. The summed E-state index contributed by atoms with van der Waals surface area (Å²) in [6.45, 7) is 4.35. The van der Waals surface area contributed by atoms with Gasteiger partial charge in [-0.05, 0) is 18.2 Å². The fraction of sp³-hybridized carbons (Fsp3) is 0.357. The quantitative estimate of drug-likeness (QED) is 0.845. The summed E-state index contributed by atoms with van der Waals surface area (Å²) < 4.78 is 52.1. The number of aromatic nitrogens is 2. The third kappa shape index (κ3) is 3.81. The monoisotopic (exact) mass is 301 g/mol. The highest BCUT2D eigenvalue weighted by Gasteiger charge is 2.34. The van der Waals surface area contributed by atoms with Crippen LogP contribution in [-0.4, -0.2) is 16.0 Å². The van der Waals surface area contributed by atoms with Crippen molar-refractivity contribution in [2.75, 3.05) is 0 Å². The van der Waals surface area contributed by atoms with E-state index in [1.54, 1.807) is 0 Å². The first-order valence-corrected chi connectivity index (χ1v) is 6.41. The topological polar surface area (TPSA) is 40.7 Å². The molecule has 0 aliphatic rings. The van der Waals surface area contributed by atoms with Crippen molar-refractivity contribution in [1.82, 2.24) is 15.3 Å². The Morgan fingerprint density at radius 1 is 1.29 bits per heavy atom. The maximum absolute atomic E-state index is 13.3. The van der Waals surface area contributed by atoms with Gasteiger partial charge >= 0.3 is 6.18 Å². The minimum atomic E-state index is -4.56. The third-order valence-corrected chi connectivity index (χ3v) is 2.87. The maximum Gasteiger partial charge on any atom is 0.417 e. The smallest absolute Gasteiger partial charge is 0.341 e. The lowest BCUT2D eigenvalue weighted by atomic mass is 10.1. The van der Waals surface area contributed by atoms with Crippen LogP contribution in [0.1, 0.15) is 25.1 Å². The Morgan fingerprint density at radius 2 is 2.00 bits per heavy atom. The van der Waals surface area contributed by atoms with Crippen molar-refractivity contribution in [3.8, 4) is 11.4 Å². The second kappa shape index (κ2) is 5.85. The standard InChI is InChI=1S/C14H15F4N3/c1-8(2)19-6-10-7-20-13(21-10)11-5-9(15)3-4-12(11)14(16,17)18/h3-5,7-8,19H,6H2,1-2H3,(H,20,21). The lowest BCUT2D eigenvalue weighted by Crippen LogP contribution is -2.21. The summed E-state index contributed by atoms with van der Waals surface area (Å²) in [5, 5.41) is 3.12. The first-order valence-electron chi connectivity index (χ1n) is 6.41. The van der Waals surface area contributed by atoms with Gasteiger partial charge in [0.2, 0.25) is 0 Å². The van der Waals surface area contributed by atoms with Crippen LogP contribution < -0.4 is 5.32 Å². The molecule has 1 aromatic heterocycles. The molecule has 0 fully saturated rings. The van der Waals surface area contributed by atoms with Gasteiger partial charge in [-0.1, -0.05) is 13.8 Å². The van der Waals surface area contributed by atoms with Crippen molar-refractivity contribution in [2.24, 2.45) is 0 Å². The minimum absolute atomic E-state index is 0.00220. The van der Waals surface area contributed by atoms with Crippen molar-refractivity contribution in [2.45, 2.75) is 32.6 Å². The summed E-state index contributed by atoms with van der Waals surface area (Å²) >= 11 is 0. The molecule has 0 amide bonds. The number of hydrogen-bond donors (Lipinski definition) is 2. The average molecular weight is 301 g/mol. The second-order valence-corrected chi connectivity index (χ2v) is 4.98. The molecule has 0 saturated carbocycles. The highest BCUT2D eigenvalue weighted by molar-refractivity contribution is 5.61. The van der Waals surface area contributed by atoms with Crippen LogP contribution in [0.2, 0.25) is 0 Å². The van der Waals surface area contributed by atoms with Crippen molar-refractivity contribution < 1.29 is 17.6 Å². The summed E-state index contributed by atoms with van der Waals surface area (Å²) in [5.41, 5.74) is -0.573. The van der Waals surface area contributed by atoms with E-state index in [9.17, 15) is 17.6 Å². The van der Waals surface area contributed by atoms with Crippen LogP contribution in [0.5, 0.6) is 0 Å². The van der Waals surface area contributed by atoms with Gasteiger partial charge in [0.05, 0.1) is 5.56 Å². The fourth-order valence-corrected chi connectivity index (χ4v) is 1.86. The molecule has 0 radical (unpaired) electrons. The molecule has 0 unspecified atom stereocenters. The Labute approximate surface area is 119 Å². The van der Waals surface area contributed by atoms with Gasteiger partial charge in [0, 0.05) is 30.0 Å². The molecule has 2 rings (SSSR count). The van der Waals surface area contributed by atoms with Crippen LogP contribution in [0.15, 0.2) is 24.4 Å². The Balaban J connectivity index is 2.35. The molecule has 0 spiro atoms. The normalized spacial score (nSPS) is 12.1. The van der Waals surface area contributed by atoms with E-state index in [2.05, 4.69) is 15.3 Å². The van der Waals surface area contributed by atoms with E-state index in [4.69, 9.17) is 0 Å². The number of aromatic amines is 1. The number of hydrogen-bond acceptors (Lipinski definition) is 2. The van der Waals surface area contributed by atoms with Crippen LogP contribution in [0.4, 0.5) is 17.6 Å². The molecular weight excluding hydrogens is 286 g/mol. The van der Waals surface area contributed by atoms with Crippen LogP contribution in [0.25, 0.3) is 11.4 Å². The van der Waals surface area contributed by atoms with Crippen LogP contribution in [0, 0.1) is 5.82 Å². The van der Waals surface area contributed by atoms with Gasteiger partial charge in [0.15, 0.2) is 0 Å². The van der Waals surface area contributed by atoms with Gasteiger partial charge in [-0.15, -0.1) is 0 Å². The summed E-state index contributed by atoms with van der Waals surface area (Å²) in [7, 11) is 0. The van der Waals surface area contributed by atoms with E-state index in [1.165, 1.54) is 6.20 Å². The summed E-state index contributed by atoms with van der Waals surface area (Å²) in [4.78, 5) is 6.70. The van der Waals surface area contributed by atoms with E-state index in [0.29, 0.717) is 12.2 Å². The molecule has 7 heteroatoms. The van der Waals surface area contributed by atoms with Crippen molar-refractivity contribution in [3.63, 3.8) is 0 Å².